The molecule has 0 saturated carbocycles. The van der Waals surface area contributed by atoms with Crippen LogP contribution in [0.2, 0.25) is 0 Å². The van der Waals surface area contributed by atoms with Gasteiger partial charge < -0.3 is 28.7 Å². The first-order valence-electron chi connectivity index (χ1n) is 15.0. The van der Waals surface area contributed by atoms with Crippen molar-refractivity contribution in [2.75, 3.05) is 57.8 Å². The van der Waals surface area contributed by atoms with Crippen LogP contribution in [0.5, 0.6) is 11.5 Å². The fourth-order valence-electron chi connectivity index (χ4n) is 6.58. The molecule has 220 valence electrons. The summed E-state index contributed by atoms with van der Waals surface area (Å²) in [5.41, 5.74) is 2.13. The third-order valence-corrected chi connectivity index (χ3v) is 8.81. The largest absolute Gasteiger partial charge is 0.456 e. The number of para-hydroxylation sites is 1. The fraction of sp³-hybridized carbons (Fsp3) is 0.333. The molecule has 8 rings (SSSR count). The predicted octanol–water partition coefficient (Wildman–Crippen LogP) is 5.51. The Bertz CT molecular complexity index is 1970. The molecule has 5 aromatic rings. The van der Waals surface area contributed by atoms with Crippen LogP contribution in [0, 0.1) is 5.82 Å². The van der Waals surface area contributed by atoms with Gasteiger partial charge in [-0.3, -0.25) is 14.5 Å². The normalized spacial score (nSPS) is 16.6. The number of furan rings is 1. The number of carbonyl (C=O) groups excluding carboxylic acids is 1. The highest BCUT2D eigenvalue weighted by Gasteiger charge is 2.31. The smallest absolute Gasteiger partial charge is 0.259 e. The van der Waals surface area contributed by atoms with Gasteiger partial charge in [-0.05, 0) is 44.0 Å². The number of rotatable bonds is 6. The number of halogens is 1. The summed E-state index contributed by atoms with van der Waals surface area (Å²) in [5.74, 6) is -0.212. The Morgan fingerprint density at radius 2 is 1.77 bits per heavy atom. The number of benzene rings is 3. The third-order valence-electron chi connectivity index (χ3n) is 8.81. The van der Waals surface area contributed by atoms with Crippen LogP contribution in [0.4, 0.5) is 10.1 Å². The second-order valence-electron chi connectivity index (χ2n) is 11.5. The second-order valence-corrected chi connectivity index (χ2v) is 11.5. The highest BCUT2D eigenvalue weighted by molar-refractivity contribution is 6.07. The number of ether oxygens (including phenoxy) is 2. The molecule has 1 amide bonds. The molecule has 1 N–H and O–H groups in total. The van der Waals surface area contributed by atoms with Crippen LogP contribution < -0.4 is 15.5 Å². The van der Waals surface area contributed by atoms with E-state index in [9.17, 15) is 9.59 Å². The molecule has 0 aliphatic carbocycles. The zero-order valence-corrected chi connectivity index (χ0v) is 23.7. The minimum atomic E-state index is -0.596. The lowest BCUT2D eigenvalue weighted by molar-refractivity contribution is 0.0378. The maximum Gasteiger partial charge on any atom is 0.259 e. The van der Waals surface area contributed by atoms with Crippen molar-refractivity contribution in [3.63, 3.8) is 0 Å². The second kappa shape index (κ2) is 10.4. The van der Waals surface area contributed by atoms with Gasteiger partial charge in [-0.1, -0.05) is 18.2 Å². The first kappa shape index (κ1) is 26.2. The van der Waals surface area contributed by atoms with E-state index in [-0.39, 0.29) is 28.3 Å². The quantitative estimate of drug-likeness (QED) is 0.259. The predicted molar refractivity (Wildman–Crippen MR) is 162 cm³/mol. The average Bonchev–Trinajstić information content (AvgIpc) is 3.69. The zero-order chi connectivity index (χ0) is 29.1. The van der Waals surface area contributed by atoms with Crippen molar-refractivity contribution in [1.29, 1.82) is 0 Å². The molecule has 10 heteroatoms. The average molecular weight is 583 g/mol. The topological polar surface area (TPSA) is 89.2 Å². The summed E-state index contributed by atoms with van der Waals surface area (Å²) in [6.07, 6.45) is 4.18. The molecular formula is C33H31FN4O5. The molecule has 0 radical (unpaired) electrons. The van der Waals surface area contributed by atoms with Crippen molar-refractivity contribution in [2.45, 2.75) is 19.3 Å². The standard InChI is InChI=1S/C33H31FN4O5/c34-24-16-22-30-32(29(24)35-8-5-9-36-12-14-41-15-13-36)43-28-17-21-20-6-1-2-7-26(20)42-27(21)18-25(28)38(30)19-23(31(22)39)33(40)37-10-3-4-11-37/h1-2,6-7,16-19,35H,3-5,8-15H2. The number of aromatic nitrogens is 1. The van der Waals surface area contributed by atoms with Crippen LogP contribution in [-0.4, -0.2) is 72.8 Å². The molecule has 0 atom stereocenters. The van der Waals surface area contributed by atoms with Gasteiger partial charge in [0.1, 0.15) is 27.9 Å². The minimum absolute atomic E-state index is 0.0172. The molecule has 0 spiro atoms. The van der Waals surface area contributed by atoms with Gasteiger partial charge in [0.25, 0.3) is 5.91 Å². The Kier molecular flexibility index (Phi) is 6.34. The monoisotopic (exact) mass is 582 g/mol. The van der Waals surface area contributed by atoms with Crippen LogP contribution in [0.25, 0.3) is 38.5 Å². The van der Waals surface area contributed by atoms with Gasteiger partial charge >= 0.3 is 0 Å². The number of likely N-dealkylation sites (tertiary alicyclic amines) is 1. The molecule has 2 fully saturated rings. The molecule has 3 aliphatic heterocycles. The molecule has 3 aromatic carbocycles. The Morgan fingerprint density at radius 3 is 2.60 bits per heavy atom. The summed E-state index contributed by atoms with van der Waals surface area (Å²) in [7, 11) is 0. The molecule has 43 heavy (non-hydrogen) atoms. The summed E-state index contributed by atoms with van der Waals surface area (Å²) in [4.78, 5) is 31.3. The van der Waals surface area contributed by atoms with Crippen LogP contribution in [0.3, 0.4) is 0 Å². The van der Waals surface area contributed by atoms with Gasteiger partial charge in [-0.15, -0.1) is 0 Å². The van der Waals surface area contributed by atoms with Crippen LogP contribution in [0.1, 0.15) is 29.6 Å². The van der Waals surface area contributed by atoms with Crippen molar-refractivity contribution in [1.82, 2.24) is 14.4 Å². The van der Waals surface area contributed by atoms with E-state index in [4.69, 9.17) is 13.9 Å². The van der Waals surface area contributed by atoms with Crippen molar-refractivity contribution in [2.24, 2.45) is 0 Å². The number of amides is 1. The number of pyridine rings is 1. The Balaban J connectivity index is 1.27. The number of carbonyl (C=O) groups is 1. The molecular weight excluding hydrogens is 551 g/mol. The van der Waals surface area contributed by atoms with Crippen LogP contribution in [0.15, 0.2) is 57.9 Å². The summed E-state index contributed by atoms with van der Waals surface area (Å²) in [5, 5.41) is 5.15. The summed E-state index contributed by atoms with van der Waals surface area (Å²) >= 11 is 0. The number of hydrogen-bond acceptors (Lipinski definition) is 7. The van der Waals surface area contributed by atoms with Crippen LogP contribution >= 0.6 is 0 Å². The molecule has 2 aromatic heterocycles. The van der Waals surface area contributed by atoms with Crippen LogP contribution in [-0.2, 0) is 4.74 Å². The van der Waals surface area contributed by atoms with E-state index in [1.54, 1.807) is 15.7 Å². The van der Waals surface area contributed by atoms with E-state index in [0.717, 1.165) is 68.5 Å². The number of fused-ring (bicyclic) bond motifs is 5. The molecule has 3 aliphatic rings. The Labute approximate surface area is 246 Å². The van der Waals surface area contributed by atoms with Gasteiger partial charge in [-0.2, -0.15) is 0 Å². The Hall–Kier alpha value is -4.41. The zero-order valence-electron chi connectivity index (χ0n) is 23.7. The van der Waals surface area contributed by atoms with Crippen molar-refractivity contribution >= 4 is 44.4 Å². The molecule has 9 nitrogen and oxygen atoms in total. The van der Waals surface area contributed by atoms with Crippen molar-refractivity contribution in [3.05, 3.63) is 70.3 Å². The van der Waals surface area contributed by atoms with Gasteiger partial charge in [0.05, 0.1) is 24.3 Å². The molecule has 0 bridgehead atoms. The number of nitrogens with zero attached hydrogens (tertiary/aromatic N) is 3. The molecule has 5 heterocycles. The van der Waals surface area contributed by atoms with E-state index in [1.165, 1.54) is 6.07 Å². The first-order valence-corrected chi connectivity index (χ1v) is 15.0. The minimum Gasteiger partial charge on any atom is -0.456 e. The van der Waals surface area contributed by atoms with Gasteiger partial charge in [0.15, 0.2) is 17.3 Å². The fourth-order valence-corrected chi connectivity index (χ4v) is 6.58. The first-order chi connectivity index (χ1) is 21.1. The molecule has 0 unspecified atom stereocenters. The maximum absolute atomic E-state index is 15.9. The van der Waals surface area contributed by atoms with Gasteiger partial charge in [-0.25, -0.2) is 4.39 Å². The van der Waals surface area contributed by atoms with Gasteiger partial charge in [0, 0.05) is 55.8 Å². The third kappa shape index (κ3) is 4.35. The van der Waals surface area contributed by atoms with E-state index in [0.29, 0.717) is 42.2 Å². The highest BCUT2D eigenvalue weighted by atomic mass is 19.1. The van der Waals surface area contributed by atoms with Crippen molar-refractivity contribution < 1.29 is 23.1 Å². The lowest BCUT2D eigenvalue weighted by atomic mass is 10.0. The molecule has 2 saturated heterocycles. The van der Waals surface area contributed by atoms with Gasteiger partial charge in [0.2, 0.25) is 5.43 Å². The number of morpholine rings is 1. The van der Waals surface area contributed by atoms with E-state index in [1.807, 2.05) is 36.4 Å². The number of hydrogen-bond donors (Lipinski definition) is 1. The van der Waals surface area contributed by atoms with Crippen molar-refractivity contribution in [3.8, 4) is 17.2 Å². The maximum atomic E-state index is 15.9. The van der Waals surface area contributed by atoms with E-state index in [2.05, 4.69) is 10.2 Å². The Morgan fingerprint density at radius 1 is 0.953 bits per heavy atom. The lowest BCUT2D eigenvalue weighted by Gasteiger charge is -2.28. The van der Waals surface area contributed by atoms with E-state index >= 15 is 4.39 Å². The summed E-state index contributed by atoms with van der Waals surface area (Å²) in [6, 6.07) is 12.7. The SMILES string of the molecule is O=C(c1cn2c3c(c(NCCCN4CCOCC4)c(F)cc3c1=O)Oc1cc3c(cc1-2)oc1ccccc13)N1CCCC1. The summed E-state index contributed by atoms with van der Waals surface area (Å²) in [6.45, 7) is 5.80. The number of anilines is 1. The number of nitrogens with one attached hydrogen (secondary N) is 1. The lowest BCUT2D eigenvalue weighted by Crippen LogP contribution is -2.37. The highest BCUT2D eigenvalue weighted by Crippen LogP contribution is 2.47. The summed E-state index contributed by atoms with van der Waals surface area (Å²) < 4.78 is 35.7. The van der Waals surface area contributed by atoms with E-state index < -0.39 is 11.2 Å².